The fourth-order valence-electron chi connectivity index (χ4n) is 1.51. The molecule has 0 fully saturated rings. The van der Waals surface area contributed by atoms with Crippen LogP contribution >= 0.6 is 0 Å². The quantitative estimate of drug-likeness (QED) is 0.865. The van der Waals surface area contributed by atoms with Crippen molar-refractivity contribution in [1.82, 2.24) is 14.5 Å². The summed E-state index contributed by atoms with van der Waals surface area (Å²) in [4.78, 5) is 17.1. The summed E-state index contributed by atoms with van der Waals surface area (Å²) in [5.74, 6) is -0.392. The standard InChI is InChI=1S/C11H18F2N4O/c1-7(8(2)14)10(18)16(3)6-9-15-4-5-17(9)11(12)13/h4-5,7-8,11H,6,14H2,1-3H3. The minimum Gasteiger partial charge on any atom is -0.338 e. The zero-order valence-corrected chi connectivity index (χ0v) is 10.7. The third-order valence-electron chi connectivity index (χ3n) is 2.89. The predicted molar refractivity (Wildman–Crippen MR) is 62.8 cm³/mol. The maximum atomic E-state index is 12.6. The highest BCUT2D eigenvalue weighted by molar-refractivity contribution is 5.78. The molecular formula is C11H18F2N4O. The van der Waals surface area contributed by atoms with Crippen LogP contribution < -0.4 is 5.73 Å². The van der Waals surface area contributed by atoms with Gasteiger partial charge >= 0.3 is 6.55 Å². The highest BCUT2D eigenvalue weighted by atomic mass is 19.3. The second-order valence-electron chi connectivity index (χ2n) is 4.37. The molecule has 2 N–H and O–H groups in total. The van der Waals surface area contributed by atoms with E-state index in [2.05, 4.69) is 4.98 Å². The second kappa shape index (κ2) is 5.90. The Labute approximate surface area is 105 Å². The number of halogens is 2. The first-order chi connectivity index (χ1) is 8.34. The van der Waals surface area contributed by atoms with Crippen molar-refractivity contribution in [3.05, 3.63) is 18.2 Å². The number of alkyl halides is 2. The van der Waals surface area contributed by atoms with Crippen LogP contribution in [0.4, 0.5) is 8.78 Å². The Morgan fingerprint density at radius 2 is 2.17 bits per heavy atom. The lowest BCUT2D eigenvalue weighted by Crippen LogP contribution is -2.39. The van der Waals surface area contributed by atoms with Gasteiger partial charge in [0.05, 0.1) is 12.5 Å². The van der Waals surface area contributed by atoms with E-state index in [9.17, 15) is 13.6 Å². The summed E-state index contributed by atoms with van der Waals surface area (Å²) in [6.45, 7) is 0.823. The van der Waals surface area contributed by atoms with Crippen LogP contribution in [-0.2, 0) is 11.3 Å². The van der Waals surface area contributed by atoms with Crippen LogP contribution in [0.3, 0.4) is 0 Å². The van der Waals surface area contributed by atoms with Crippen molar-refractivity contribution >= 4 is 5.91 Å². The van der Waals surface area contributed by atoms with Gasteiger partial charge in [0.1, 0.15) is 5.82 Å². The normalized spacial score (nSPS) is 14.6. The van der Waals surface area contributed by atoms with Gasteiger partial charge in [-0.1, -0.05) is 6.92 Å². The number of hydrogen-bond donors (Lipinski definition) is 1. The first-order valence-electron chi connectivity index (χ1n) is 5.65. The molecule has 1 rings (SSSR count). The minimum atomic E-state index is -2.66. The molecule has 0 bridgehead atoms. The number of carbonyl (C=O) groups is 1. The van der Waals surface area contributed by atoms with Crippen molar-refractivity contribution in [2.75, 3.05) is 7.05 Å². The predicted octanol–water partition coefficient (Wildman–Crippen LogP) is 1.22. The largest absolute Gasteiger partial charge is 0.338 e. The molecule has 5 nitrogen and oxygen atoms in total. The van der Waals surface area contributed by atoms with Crippen molar-refractivity contribution < 1.29 is 13.6 Å². The number of carbonyl (C=O) groups excluding carboxylic acids is 1. The van der Waals surface area contributed by atoms with E-state index in [0.717, 1.165) is 4.57 Å². The molecular weight excluding hydrogens is 242 g/mol. The molecule has 1 amide bonds. The molecule has 2 atom stereocenters. The van der Waals surface area contributed by atoms with Gasteiger partial charge in [0, 0.05) is 25.5 Å². The van der Waals surface area contributed by atoms with Gasteiger partial charge in [-0.3, -0.25) is 9.36 Å². The van der Waals surface area contributed by atoms with Gasteiger partial charge in [-0.05, 0) is 6.92 Å². The highest BCUT2D eigenvalue weighted by Gasteiger charge is 2.22. The van der Waals surface area contributed by atoms with E-state index in [1.807, 2.05) is 0 Å². The van der Waals surface area contributed by atoms with E-state index in [0.29, 0.717) is 0 Å². The molecule has 0 saturated heterocycles. The van der Waals surface area contributed by atoms with Gasteiger partial charge < -0.3 is 10.6 Å². The van der Waals surface area contributed by atoms with E-state index in [4.69, 9.17) is 5.73 Å². The van der Waals surface area contributed by atoms with Gasteiger partial charge in [0.15, 0.2) is 0 Å². The molecule has 2 unspecified atom stereocenters. The topological polar surface area (TPSA) is 64.2 Å². The van der Waals surface area contributed by atoms with Gasteiger partial charge in [0.25, 0.3) is 0 Å². The Balaban J connectivity index is 2.72. The molecule has 1 aromatic heterocycles. The van der Waals surface area contributed by atoms with Crippen LogP contribution in [0.25, 0.3) is 0 Å². The van der Waals surface area contributed by atoms with E-state index >= 15 is 0 Å². The smallest absolute Gasteiger partial charge is 0.319 e. The lowest BCUT2D eigenvalue weighted by atomic mass is 10.0. The summed E-state index contributed by atoms with van der Waals surface area (Å²) in [5, 5.41) is 0. The van der Waals surface area contributed by atoms with E-state index in [-0.39, 0.29) is 30.2 Å². The number of nitrogens with zero attached hydrogens (tertiary/aromatic N) is 3. The summed E-state index contributed by atoms with van der Waals surface area (Å²) in [6, 6.07) is -0.283. The van der Waals surface area contributed by atoms with Crippen LogP contribution in [0.15, 0.2) is 12.4 Å². The lowest BCUT2D eigenvalue weighted by molar-refractivity contribution is -0.134. The van der Waals surface area contributed by atoms with Gasteiger partial charge in [-0.15, -0.1) is 0 Å². The van der Waals surface area contributed by atoms with Crippen molar-refractivity contribution in [2.45, 2.75) is 33.0 Å². The molecule has 0 aromatic carbocycles. The number of hydrogen-bond acceptors (Lipinski definition) is 3. The molecule has 0 radical (unpaired) electrons. The molecule has 7 heteroatoms. The third kappa shape index (κ3) is 3.25. The molecule has 0 aliphatic carbocycles. The summed E-state index contributed by atoms with van der Waals surface area (Å²) >= 11 is 0. The first kappa shape index (κ1) is 14.6. The van der Waals surface area contributed by atoms with Crippen LogP contribution in [-0.4, -0.2) is 33.4 Å². The van der Waals surface area contributed by atoms with Gasteiger partial charge in [-0.2, -0.15) is 8.78 Å². The Bertz CT molecular complexity index is 406. The Morgan fingerprint density at radius 1 is 1.56 bits per heavy atom. The fraction of sp³-hybridized carbons (Fsp3) is 0.636. The SMILES string of the molecule is CC(N)C(C)C(=O)N(C)Cc1nccn1C(F)F. The molecule has 102 valence electrons. The van der Waals surface area contributed by atoms with Crippen molar-refractivity contribution in [1.29, 1.82) is 0 Å². The van der Waals surface area contributed by atoms with Crippen molar-refractivity contribution in [3.63, 3.8) is 0 Å². The minimum absolute atomic E-state index is 0.0350. The van der Waals surface area contributed by atoms with Gasteiger partial charge in [0.2, 0.25) is 5.91 Å². The van der Waals surface area contributed by atoms with Crippen LogP contribution in [0.2, 0.25) is 0 Å². The number of rotatable bonds is 5. The molecule has 1 aromatic rings. The molecule has 0 aliphatic rings. The Hall–Kier alpha value is -1.50. The molecule has 1 heterocycles. The highest BCUT2D eigenvalue weighted by Crippen LogP contribution is 2.14. The van der Waals surface area contributed by atoms with Gasteiger partial charge in [-0.25, -0.2) is 4.98 Å². The first-order valence-corrected chi connectivity index (χ1v) is 5.65. The summed E-state index contributed by atoms with van der Waals surface area (Å²) < 4.78 is 25.9. The fourth-order valence-corrected chi connectivity index (χ4v) is 1.51. The Morgan fingerprint density at radius 3 is 2.67 bits per heavy atom. The molecule has 18 heavy (non-hydrogen) atoms. The molecule has 0 spiro atoms. The van der Waals surface area contributed by atoms with Crippen molar-refractivity contribution in [3.8, 4) is 0 Å². The monoisotopic (exact) mass is 260 g/mol. The molecule has 0 saturated carbocycles. The number of amides is 1. The maximum absolute atomic E-state index is 12.6. The van der Waals surface area contributed by atoms with Crippen LogP contribution in [0.5, 0.6) is 0 Å². The van der Waals surface area contributed by atoms with E-state index < -0.39 is 6.55 Å². The number of nitrogens with two attached hydrogens (primary N) is 1. The average Bonchev–Trinajstić information content (AvgIpc) is 2.74. The van der Waals surface area contributed by atoms with Crippen molar-refractivity contribution in [2.24, 2.45) is 11.7 Å². The third-order valence-corrected chi connectivity index (χ3v) is 2.89. The lowest BCUT2D eigenvalue weighted by Gasteiger charge is -2.23. The van der Waals surface area contributed by atoms with Crippen LogP contribution in [0.1, 0.15) is 26.2 Å². The average molecular weight is 260 g/mol. The maximum Gasteiger partial charge on any atom is 0.319 e. The Kier molecular flexibility index (Phi) is 4.77. The second-order valence-corrected chi connectivity index (χ2v) is 4.37. The zero-order chi connectivity index (χ0) is 13.9. The van der Waals surface area contributed by atoms with E-state index in [1.165, 1.54) is 17.3 Å². The molecule has 0 aliphatic heterocycles. The van der Waals surface area contributed by atoms with E-state index in [1.54, 1.807) is 20.9 Å². The zero-order valence-electron chi connectivity index (χ0n) is 10.7. The van der Waals surface area contributed by atoms with Crippen LogP contribution in [0, 0.1) is 5.92 Å². The number of aromatic nitrogens is 2. The number of imidazole rings is 1. The summed E-state index contributed by atoms with van der Waals surface area (Å²) in [6.07, 6.45) is 2.47. The summed E-state index contributed by atoms with van der Waals surface area (Å²) in [5.41, 5.74) is 5.64. The summed E-state index contributed by atoms with van der Waals surface area (Å²) in [7, 11) is 1.55.